The summed E-state index contributed by atoms with van der Waals surface area (Å²) in [6.45, 7) is 1.93. The molecule has 0 aliphatic carbocycles. The quantitative estimate of drug-likeness (QED) is 0.332. The van der Waals surface area contributed by atoms with E-state index in [0.29, 0.717) is 6.42 Å². The van der Waals surface area contributed by atoms with Gasteiger partial charge in [-0.2, -0.15) is 0 Å². The molecule has 0 aliphatic heterocycles. The summed E-state index contributed by atoms with van der Waals surface area (Å²) in [6, 6.07) is 0. The summed E-state index contributed by atoms with van der Waals surface area (Å²) in [5.41, 5.74) is 0. The fourth-order valence-electron chi connectivity index (χ4n) is 2.41. The number of carboxylic acids is 1. The molecule has 0 atom stereocenters. The molecule has 0 saturated carbocycles. The number of amides is 1. The standard InChI is InChI=1S/C17H33NO3.Na/c1-3-4-5-6-7-8-9-10-11-12-13-14-16(19)18(2)15-17(20)21;/h3-15H2,1-2H3,(H,20,21);/q;+1/p-1. The van der Waals surface area contributed by atoms with Crippen molar-refractivity contribution in [2.75, 3.05) is 13.6 Å². The summed E-state index contributed by atoms with van der Waals surface area (Å²) in [5.74, 6) is -1.31. The van der Waals surface area contributed by atoms with Crippen molar-refractivity contribution in [3.63, 3.8) is 0 Å². The number of hydrogen-bond donors (Lipinski definition) is 0. The second kappa shape index (κ2) is 17.3. The molecule has 0 saturated heterocycles. The van der Waals surface area contributed by atoms with Crippen molar-refractivity contribution in [3.8, 4) is 0 Å². The van der Waals surface area contributed by atoms with E-state index in [1.54, 1.807) is 0 Å². The van der Waals surface area contributed by atoms with Gasteiger partial charge in [0.15, 0.2) is 0 Å². The van der Waals surface area contributed by atoms with Crippen molar-refractivity contribution in [3.05, 3.63) is 0 Å². The maximum absolute atomic E-state index is 11.6. The molecule has 5 heteroatoms. The molecular weight excluding hydrogens is 289 g/mol. The van der Waals surface area contributed by atoms with Crippen LogP contribution in [-0.4, -0.2) is 30.4 Å². The van der Waals surface area contributed by atoms with E-state index >= 15 is 0 Å². The molecule has 22 heavy (non-hydrogen) atoms. The summed E-state index contributed by atoms with van der Waals surface area (Å²) in [6.07, 6.45) is 14.2. The van der Waals surface area contributed by atoms with Gasteiger partial charge < -0.3 is 14.8 Å². The Kier molecular flexibility index (Phi) is 19.0. The van der Waals surface area contributed by atoms with Gasteiger partial charge in [0, 0.05) is 13.5 Å². The molecule has 0 aliphatic rings. The number of unbranched alkanes of at least 4 members (excludes halogenated alkanes) is 10. The Morgan fingerprint density at radius 2 is 1.23 bits per heavy atom. The van der Waals surface area contributed by atoms with Crippen LogP contribution in [0, 0.1) is 0 Å². The zero-order chi connectivity index (χ0) is 15.9. The molecule has 0 spiro atoms. The van der Waals surface area contributed by atoms with Gasteiger partial charge in [-0.15, -0.1) is 0 Å². The van der Waals surface area contributed by atoms with Crippen LogP contribution in [0.2, 0.25) is 0 Å². The Morgan fingerprint density at radius 1 is 0.818 bits per heavy atom. The molecular formula is C17H32NNaO3. The van der Waals surface area contributed by atoms with Crippen molar-refractivity contribution in [1.82, 2.24) is 4.90 Å². The minimum absolute atomic E-state index is 0. The monoisotopic (exact) mass is 321 g/mol. The van der Waals surface area contributed by atoms with Crippen LogP contribution in [0.5, 0.6) is 0 Å². The summed E-state index contributed by atoms with van der Waals surface area (Å²) in [5, 5.41) is 10.4. The van der Waals surface area contributed by atoms with Crippen LogP contribution in [0.15, 0.2) is 0 Å². The first kappa shape index (κ1) is 24.2. The average Bonchev–Trinajstić information content (AvgIpc) is 2.43. The Balaban J connectivity index is 0. The van der Waals surface area contributed by atoms with Crippen LogP contribution in [0.25, 0.3) is 0 Å². The summed E-state index contributed by atoms with van der Waals surface area (Å²) >= 11 is 0. The van der Waals surface area contributed by atoms with E-state index in [1.807, 2.05) is 0 Å². The maximum atomic E-state index is 11.6. The molecule has 0 fully saturated rings. The predicted molar refractivity (Wildman–Crippen MR) is 83.7 cm³/mol. The van der Waals surface area contributed by atoms with Crippen LogP contribution in [0.4, 0.5) is 0 Å². The third kappa shape index (κ3) is 16.3. The first-order chi connectivity index (χ1) is 10.1. The first-order valence-corrected chi connectivity index (χ1v) is 8.51. The summed E-state index contributed by atoms with van der Waals surface area (Å²) < 4.78 is 0. The number of carbonyl (C=O) groups is 2. The topological polar surface area (TPSA) is 60.4 Å². The Hall–Kier alpha value is -0.0600. The number of rotatable bonds is 14. The number of carboxylic acid groups (broad SMARTS) is 1. The van der Waals surface area contributed by atoms with E-state index < -0.39 is 5.97 Å². The van der Waals surface area contributed by atoms with Crippen LogP contribution < -0.4 is 34.7 Å². The molecule has 0 aromatic carbocycles. The van der Waals surface area contributed by atoms with Gasteiger partial charge in [0.1, 0.15) is 0 Å². The second-order valence-corrected chi connectivity index (χ2v) is 5.91. The zero-order valence-electron chi connectivity index (χ0n) is 14.9. The molecule has 0 radical (unpaired) electrons. The third-order valence-electron chi connectivity index (χ3n) is 3.79. The molecule has 4 nitrogen and oxygen atoms in total. The Labute approximate surface area is 158 Å². The van der Waals surface area contributed by atoms with Gasteiger partial charge >= 0.3 is 29.6 Å². The average molecular weight is 321 g/mol. The van der Waals surface area contributed by atoms with Crippen molar-refractivity contribution >= 4 is 11.9 Å². The summed E-state index contributed by atoms with van der Waals surface area (Å²) in [7, 11) is 1.51. The fraction of sp³-hybridized carbons (Fsp3) is 0.882. The molecule has 0 heterocycles. The van der Waals surface area contributed by atoms with Gasteiger partial charge in [0.05, 0.1) is 12.5 Å². The van der Waals surface area contributed by atoms with E-state index in [1.165, 1.54) is 69.7 Å². The molecule has 0 unspecified atom stereocenters. The normalized spacial score (nSPS) is 10.1. The van der Waals surface area contributed by atoms with Gasteiger partial charge in [-0.1, -0.05) is 71.1 Å². The number of likely N-dealkylation sites (N-methyl/N-ethyl adjacent to an activating group) is 1. The molecule has 0 bridgehead atoms. The van der Waals surface area contributed by atoms with Crippen LogP contribution >= 0.6 is 0 Å². The zero-order valence-corrected chi connectivity index (χ0v) is 16.9. The van der Waals surface area contributed by atoms with E-state index in [-0.39, 0.29) is 42.0 Å². The van der Waals surface area contributed by atoms with Gasteiger partial charge in [0.25, 0.3) is 0 Å². The number of hydrogen-bond acceptors (Lipinski definition) is 3. The molecule has 0 N–H and O–H groups in total. The number of nitrogens with zero attached hydrogens (tertiary/aromatic N) is 1. The van der Waals surface area contributed by atoms with Gasteiger partial charge in [-0.05, 0) is 6.42 Å². The van der Waals surface area contributed by atoms with Crippen molar-refractivity contribution < 1.29 is 44.3 Å². The predicted octanol–water partition coefficient (Wildman–Crippen LogP) is -0.100. The van der Waals surface area contributed by atoms with Crippen LogP contribution in [0.3, 0.4) is 0 Å². The van der Waals surface area contributed by atoms with Crippen molar-refractivity contribution in [1.29, 1.82) is 0 Å². The minimum Gasteiger partial charge on any atom is -0.548 e. The van der Waals surface area contributed by atoms with E-state index in [9.17, 15) is 14.7 Å². The minimum atomic E-state index is -1.20. The molecule has 0 aromatic heterocycles. The maximum Gasteiger partial charge on any atom is 1.00 e. The molecule has 0 rings (SSSR count). The van der Waals surface area contributed by atoms with Crippen LogP contribution in [0.1, 0.15) is 84.0 Å². The van der Waals surface area contributed by atoms with Crippen molar-refractivity contribution in [2.45, 2.75) is 84.0 Å². The van der Waals surface area contributed by atoms with E-state index in [2.05, 4.69) is 6.92 Å². The second-order valence-electron chi connectivity index (χ2n) is 5.91. The first-order valence-electron chi connectivity index (χ1n) is 8.51. The third-order valence-corrected chi connectivity index (χ3v) is 3.79. The molecule has 1 amide bonds. The largest absolute Gasteiger partial charge is 1.00 e. The molecule has 0 aromatic rings. The smallest absolute Gasteiger partial charge is 0.548 e. The van der Waals surface area contributed by atoms with Gasteiger partial charge in [0.2, 0.25) is 5.91 Å². The van der Waals surface area contributed by atoms with E-state index in [0.717, 1.165) is 12.8 Å². The number of carbonyl (C=O) groups excluding carboxylic acids is 2. The Bertz CT molecular complexity index is 285. The number of aliphatic carboxylic acids is 1. The fourth-order valence-corrected chi connectivity index (χ4v) is 2.41. The summed E-state index contributed by atoms with van der Waals surface area (Å²) in [4.78, 5) is 23.2. The molecule has 124 valence electrons. The van der Waals surface area contributed by atoms with E-state index in [4.69, 9.17) is 0 Å². The SMILES string of the molecule is CCCCCCCCCCCCCC(=O)N(C)CC(=O)[O-].[Na+]. The van der Waals surface area contributed by atoms with Gasteiger partial charge in [-0.25, -0.2) is 0 Å². The Morgan fingerprint density at radius 3 is 1.64 bits per heavy atom. The van der Waals surface area contributed by atoms with Crippen LogP contribution in [-0.2, 0) is 9.59 Å². The van der Waals surface area contributed by atoms with Crippen molar-refractivity contribution in [2.24, 2.45) is 0 Å². The van der Waals surface area contributed by atoms with Gasteiger partial charge in [-0.3, -0.25) is 4.79 Å².